The van der Waals surface area contributed by atoms with Gasteiger partial charge in [0.15, 0.2) is 0 Å². The van der Waals surface area contributed by atoms with Gasteiger partial charge in [-0.15, -0.1) is 11.3 Å². The molecule has 1 atom stereocenters. The average molecular weight is 322 g/mol. The Bertz CT molecular complexity index is 577. The second kappa shape index (κ2) is 6.82. The largest absolute Gasteiger partial charge is 0.490 e. The Morgan fingerprint density at radius 2 is 2.05 bits per heavy atom. The van der Waals surface area contributed by atoms with Crippen LogP contribution in [0.4, 0.5) is 0 Å². The SMILES string of the molecule is CCCNC(c1ccc(OC2CC2)cc1)c1sccc1Cl. The molecule has 0 aliphatic heterocycles. The molecule has 1 aliphatic carbocycles. The molecule has 21 heavy (non-hydrogen) atoms. The summed E-state index contributed by atoms with van der Waals surface area (Å²) in [4.78, 5) is 1.18. The third-order valence-corrected chi connectivity index (χ3v) is 4.97. The first-order valence-corrected chi connectivity index (χ1v) is 8.76. The molecule has 1 fully saturated rings. The maximum absolute atomic E-state index is 6.32. The lowest BCUT2D eigenvalue weighted by Crippen LogP contribution is -2.22. The molecule has 0 spiro atoms. The van der Waals surface area contributed by atoms with E-state index >= 15 is 0 Å². The van der Waals surface area contributed by atoms with Crippen LogP contribution in [0.5, 0.6) is 5.75 Å². The summed E-state index contributed by atoms with van der Waals surface area (Å²) in [7, 11) is 0. The fraction of sp³-hybridized carbons (Fsp3) is 0.412. The topological polar surface area (TPSA) is 21.3 Å². The number of benzene rings is 1. The van der Waals surface area contributed by atoms with E-state index in [9.17, 15) is 0 Å². The lowest BCUT2D eigenvalue weighted by Gasteiger charge is -2.19. The van der Waals surface area contributed by atoms with Crippen molar-refractivity contribution in [1.29, 1.82) is 0 Å². The van der Waals surface area contributed by atoms with Crippen LogP contribution < -0.4 is 10.1 Å². The number of rotatable bonds is 7. The number of thiophene rings is 1. The predicted molar refractivity (Wildman–Crippen MR) is 89.6 cm³/mol. The van der Waals surface area contributed by atoms with Crippen LogP contribution in [0.15, 0.2) is 35.7 Å². The van der Waals surface area contributed by atoms with Gasteiger partial charge in [-0.1, -0.05) is 30.7 Å². The van der Waals surface area contributed by atoms with Crippen LogP contribution in [0.3, 0.4) is 0 Å². The number of hydrogen-bond donors (Lipinski definition) is 1. The molecule has 1 aromatic heterocycles. The minimum absolute atomic E-state index is 0.160. The van der Waals surface area contributed by atoms with Gasteiger partial charge in [-0.05, 0) is 54.9 Å². The summed E-state index contributed by atoms with van der Waals surface area (Å²) in [6, 6.07) is 10.5. The summed E-state index contributed by atoms with van der Waals surface area (Å²) in [5.41, 5.74) is 1.23. The molecule has 4 heteroatoms. The third-order valence-electron chi connectivity index (χ3n) is 3.55. The van der Waals surface area contributed by atoms with E-state index in [1.54, 1.807) is 11.3 Å². The smallest absolute Gasteiger partial charge is 0.119 e. The van der Waals surface area contributed by atoms with E-state index in [1.165, 1.54) is 23.3 Å². The van der Waals surface area contributed by atoms with E-state index < -0.39 is 0 Å². The highest BCUT2D eigenvalue weighted by atomic mass is 35.5. The van der Waals surface area contributed by atoms with Crippen molar-refractivity contribution in [3.8, 4) is 5.75 Å². The van der Waals surface area contributed by atoms with E-state index in [4.69, 9.17) is 16.3 Å². The van der Waals surface area contributed by atoms with Crippen molar-refractivity contribution < 1.29 is 4.74 Å². The normalized spacial score (nSPS) is 15.9. The molecule has 112 valence electrons. The van der Waals surface area contributed by atoms with Crippen molar-refractivity contribution >= 4 is 22.9 Å². The van der Waals surface area contributed by atoms with E-state index in [0.717, 1.165) is 23.7 Å². The lowest BCUT2D eigenvalue weighted by atomic mass is 10.0. The van der Waals surface area contributed by atoms with Gasteiger partial charge in [0.2, 0.25) is 0 Å². The highest BCUT2D eigenvalue weighted by Crippen LogP contribution is 2.34. The zero-order valence-electron chi connectivity index (χ0n) is 12.1. The average Bonchev–Trinajstić information content (AvgIpc) is 3.21. The number of ether oxygens (including phenoxy) is 1. The van der Waals surface area contributed by atoms with Crippen LogP contribution in [0.25, 0.3) is 0 Å². The second-order valence-corrected chi connectivity index (χ2v) is 6.76. The molecular formula is C17H20ClNOS. The van der Waals surface area contributed by atoms with E-state index in [0.29, 0.717) is 6.10 Å². The van der Waals surface area contributed by atoms with Crippen molar-refractivity contribution in [3.05, 3.63) is 51.2 Å². The van der Waals surface area contributed by atoms with Crippen LogP contribution in [0.1, 0.15) is 42.7 Å². The monoisotopic (exact) mass is 321 g/mol. The van der Waals surface area contributed by atoms with Gasteiger partial charge in [0.1, 0.15) is 5.75 Å². The highest BCUT2D eigenvalue weighted by Gasteiger charge is 2.23. The maximum atomic E-state index is 6.32. The van der Waals surface area contributed by atoms with Crippen molar-refractivity contribution in [3.63, 3.8) is 0 Å². The predicted octanol–water partition coefficient (Wildman–Crippen LogP) is 5.03. The maximum Gasteiger partial charge on any atom is 0.119 e. The molecule has 1 N–H and O–H groups in total. The van der Waals surface area contributed by atoms with Crippen LogP contribution in [0, 0.1) is 0 Å². The molecule has 1 heterocycles. The molecule has 0 bridgehead atoms. The first-order valence-electron chi connectivity index (χ1n) is 7.51. The van der Waals surface area contributed by atoms with Gasteiger partial charge in [-0.2, -0.15) is 0 Å². The van der Waals surface area contributed by atoms with Crippen LogP contribution >= 0.6 is 22.9 Å². The van der Waals surface area contributed by atoms with Gasteiger partial charge < -0.3 is 10.1 Å². The van der Waals surface area contributed by atoms with Crippen molar-refractivity contribution in [1.82, 2.24) is 5.32 Å². The zero-order valence-corrected chi connectivity index (χ0v) is 13.7. The molecule has 3 rings (SSSR count). The Kier molecular flexibility index (Phi) is 4.84. The Labute approximate surface area is 135 Å². The van der Waals surface area contributed by atoms with Gasteiger partial charge in [0.05, 0.1) is 17.2 Å². The fourth-order valence-electron chi connectivity index (χ4n) is 2.28. The van der Waals surface area contributed by atoms with Gasteiger partial charge in [0.25, 0.3) is 0 Å². The molecule has 1 aromatic carbocycles. The van der Waals surface area contributed by atoms with Crippen LogP contribution in [-0.4, -0.2) is 12.6 Å². The molecule has 1 unspecified atom stereocenters. The van der Waals surface area contributed by atoms with Crippen molar-refractivity contribution in [2.75, 3.05) is 6.54 Å². The number of hydrogen-bond acceptors (Lipinski definition) is 3. The summed E-state index contributed by atoms with van der Waals surface area (Å²) < 4.78 is 5.81. The molecule has 2 nitrogen and oxygen atoms in total. The summed E-state index contributed by atoms with van der Waals surface area (Å²) in [5, 5.41) is 6.47. The lowest BCUT2D eigenvalue weighted by molar-refractivity contribution is 0.303. The van der Waals surface area contributed by atoms with E-state index in [1.807, 2.05) is 11.4 Å². The Morgan fingerprint density at radius 1 is 1.29 bits per heavy atom. The van der Waals surface area contributed by atoms with Crippen LogP contribution in [0.2, 0.25) is 5.02 Å². The molecule has 2 aromatic rings. The fourth-order valence-corrected chi connectivity index (χ4v) is 3.55. The quantitative estimate of drug-likeness (QED) is 0.772. The molecule has 0 saturated heterocycles. The Balaban J connectivity index is 1.79. The Morgan fingerprint density at radius 3 is 2.62 bits per heavy atom. The van der Waals surface area contributed by atoms with Gasteiger partial charge in [0, 0.05) is 4.88 Å². The highest BCUT2D eigenvalue weighted by molar-refractivity contribution is 7.10. The minimum Gasteiger partial charge on any atom is -0.490 e. The molecule has 0 radical (unpaired) electrons. The summed E-state index contributed by atoms with van der Waals surface area (Å²) in [6.07, 6.45) is 3.92. The standard InChI is InChI=1S/C17H20ClNOS/c1-2-10-19-16(17-15(18)9-11-21-17)12-3-5-13(6-4-12)20-14-7-8-14/h3-6,9,11,14,16,19H,2,7-8,10H2,1H3. The summed E-state index contributed by atoms with van der Waals surface area (Å²) in [6.45, 7) is 3.14. The molecule has 1 saturated carbocycles. The summed E-state index contributed by atoms with van der Waals surface area (Å²) in [5.74, 6) is 0.966. The molecule has 1 aliphatic rings. The Hall–Kier alpha value is -1.03. The number of nitrogens with one attached hydrogen (secondary N) is 1. The van der Waals surface area contributed by atoms with E-state index in [-0.39, 0.29) is 6.04 Å². The first-order chi connectivity index (χ1) is 10.3. The van der Waals surface area contributed by atoms with Crippen molar-refractivity contribution in [2.45, 2.75) is 38.3 Å². The number of halogens is 1. The van der Waals surface area contributed by atoms with Crippen molar-refractivity contribution in [2.24, 2.45) is 0 Å². The second-order valence-electron chi connectivity index (χ2n) is 5.41. The van der Waals surface area contributed by atoms with Gasteiger partial charge in [-0.25, -0.2) is 0 Å². The first kappa shape index (κ1) is 14.9. The van der Waals surface area contributed by atoms with E-state index in [2.05, 4.69) is 36.5 Å². The molecular weight excluding hydrogens is 302 g/mol. The van der Waals surface area contributed by atoms with Gasteiger partial charge >= 0.3 is 0 Å². The van der Waals surface area contributed by atoms with Crippen LogP contribution in [-0.2, 0) is 0 Å². The zero-order chi connectivity index (χ0) is 14.7. The third kappa shape index (κ3) is 3.79. The van der Waals surface area contributed by atoms with Gasteiger partial charge in [-0.3, -0.25) is 0 Å². The summed E-state index contributed by atoms with van der Waals surface area (Å²) >= 11 is 8.02. The molecule has 0 amide bonds. The minimum atomic E-state index is 0.160.